The summed E-state index contributed by atoms with van der Waals surface area (Å²) in [5.41, 5.74) is 0. The smallest absolute Gasteiger partial charge is 0.0109 e. The van der Waals surface area contributed by atoms with Gasteiger partial charge in [-0.25, -0.2) is 0 Å². The average Bonchev–Trinajstić information content (AvgIpc) is 2.68. The van der Waals surface area contributed by atoms with Crippen LogP contribution in [0.2, 0.25) is 0 Å². The fourth-order valence-corrected chi connectivity index (χ4v) is 5.52. The summed E-state index contributed by atoms with van der Waals surface area (Å²) in [5, 5.41) is 0. The van der Waals surface area contributed by atoms with Crippen molar-refractivity contribution in [1.82, 2.24) is 19.6 Å². The first-order valence-corrected chi connectivity index (χ1v) is 15.7. The third kappa shape index (κ3) is 21.9. The molecule has 0 atom stereocenters. The van der Waals surface area contributed by atoms with Crippen LogP contribution in [0.25, 0.3) is 0 Å². The molecule has 0 aromatic heterocycles. The summed E-state index contributed by atoms with van der Waals surface area (Å²) in [6.45, 7) is 43.1. The molecule has 0 aromatic carbocycles. The molecule has 218 valence electrons. The van der Waals surface area contributed by atoms with Crippen LogP contribution in [-0.2, 0) is 0 Å². The van der Waals surface area contributed by atoms with Gasteiger partial charge >= 0.3 is 0 Å². The normalized spacial score (nSPS) is 13.2. The van der Waals surface area contributed by atoms with Crippen molar-refractivity contribution < 1.29 is 0 Å². The van der Waals surface area contributed by atoms with Gasteiger partial charge in [0.15, 0.2) is 0 Å². The van der Waals surface area contributed by atoms with Crippen LogP contribution < -0.4 is 0 Å². The molecule has 0 rings (SSSR count). The molecule has 0 unspecified atom stereocenters. The molecule has 36 heavy (non-hydrogen) atoms. The second-order valence-electron chi connectivity index (χ2n) is 14.2. The fraction of sp³-hybridized carbons (Fsp3) is 1.00. The summed E-state index contributed by atoms with van der Waals surface area (Å²) in [4.78, 5) is 10.9. The Balaban J connectivity index is 4.86. The Morgan fingerprint density at radius 3 is 0.694 bits per heavy atom. The second kappa shape index (κ2) is 20.8. The molecule has 0 aliphatic heterocycles. The maximum Gasteiger partial charge on any atom is 0.0109 e. The van der Waals surface area contributed by atoms with E-state index in [1.807, 2.05) is 0 Å². The number of rotatable bonds is 23. The van der Waals surface area contributed by atoms with E-state index in [-0.39, 0.29) is 0 Å². The first-order chi connectivity index (χ1) is 16.8. The number of nitrogens with zero attached hydrogens (tertiary/aromatic N) is 4. The van der Waals surface area contributed by atoms with Crippen LogP contribution in [0, 0.1) is 35.5 Å². The van der Waals surface area contributed by atoms with Gasteiger partial charge in [-0.1, -0.05) is 83.1 Å². The van der Waals surface area contributed by atoms with Gasteiger partial charge in [-0.05, 0) is 74.5 Å². The average molecular weight is 511 g/mol. The summed E-state index contributed by atoms with van der Waals surface area (Å²) in [5.74, 6) is 4.45. The molecular weight excluding hydrogens is 440 g/mol. The van der Waals surface area contributed by atoms with Gasteiger partial charge in [-0.3, -0.25) is 0 Å². The lowest BCUT2D eigenvalue weighted by molar-refractivity contribution is 0.154. The van der Waals surface area contributed by atoms with Crippen LogP contribution in [0.15, 0.2) is 0 Å². The van der Waals surface area contributed by atoms with Crippen LogP contribution in [0.1, 0.15) is 95.9 Å². The Kier molecular flexibility index (Phi) is 20.7. The van der Waals surface area contributed by atoms with Gasteiger partial charge in [0.2, 0.25) is 0 Å². The van der Waals surface area contributed by atoms with Crippen molar-refractivity contribution in [3.63, 3.8) is 0 Å². The van der Waals surface area contributed by atoms with Gasteiger partial charge < -0.3 is 19.6 Å². The zero-order valence-electron chi connectivity index (χ0n) is 27.2. The summed E-state index contributed by atoms with van der Waals surface area (Å²) in [6, 6.07) is 0. The van der Waals surface area contributed by atoms with Crippen LogP contribution in [0.3, 0.4) is 0 Å². The van der Waals surface area contributed by atoms with E-state index in [1.165, 1.54) is 91.4 Å². The van der Waals surface area contributed by atoms with Gasteiger partial charge in [0.25, 0.3) is 0 Å². The monoisotopic (exact) mass is 511 g/mol. The molecule has 0 aliphatic carbocycles. The lowest BCUT2D eigenvalue weighted by Gasteiger charge is -2.32. The zero-order valence-corrected chi connectivity index (χ0v) is 27.2. The minimum atomic E-state index is 0.728. The number of hydrogen-bond donors (Lipinski definition) is 0. The lowest BCUT2D eigenvalue weighted by Crippen LogP contribution is -2.41. The molecular formula is C32H70N4. The third-order valence-electron chi connectivity index (χ3n) is 6.37. The molecule has 4 heteroatoms. The Morgan fingerprint density at radius 2 is 0.472 bits per heavy atom. The van der Waals surface area contributed by atoms with Crippen molar-refractivity contribution in [3.8, 4) is 0 Å². The third-order valence-corrected chi connectivity index (χ3v) is 6.37. The molecule has 0 heterocycles. The van der Waals surface area contributed by atoms with Gasteiger partial charge in [0.1, 0.15) is 0 Å². The first kappa shape index (κ1) is 35.8. The zero-order chi connectivity index (χ0) is 27.7. The standard InChI is InChI=1S/C32H70N4/c1-27(2)21-33(15-13-17-35(23-29(5)6)24-30(7)8)19-20-34(22-28(3)4)16-14-18-36(25-31(9)10)26-32(11)12/h27-32H,13-26H2,1-12H3. The Morgan fingerprint density at radius 1 is 0.278 bits per heavy atom. The highest BCUT2D eigenvalue weighted by Crippen LogP contribution is 2.09. The quantitative estimate of drug-likeness (QED) is 0.148. The van der Waals surface area contributed by atoms with Gasteiger partial charge in [-0.15, -0.1) is 0 Å². The minimum Gasteiger partial charge on any atom is -0.303 e. The van der Waals surface area contributed by atoms with Crippen LogP contribution >= 0.6 is 0 Å². The molecule has 0 N–H and O–H groups in total. The fourth-order valence-electron chi connectivity index (χ4n) is 5.52. The van der Waals surface area contributed by atoms with Crippen molar-refractivity contribution in [3.05, 3.63) is 0 Å². The van der Waals surface area contributed by atoms with E-state index in [9.17, 15) is 0 Å². The van der Waals surface area contributed by atoms with E-state index in [4.69, 9.17) is 0 Å². The first-order valence-electron chi connectivity index (χ1n) is 15.7. The van der Waals surface area contributed by atoms with E-state index < -0.39 is 0 Å². The van der Waals surface area contributed by atoms with Crippen molar-refractivity contribution >= 4 is 0 Å². The maximum absolute atomic E-state index is 2.75. The van der Waals surface area contributed by atoms with E-state index in [0.717, 1.165) is 35.5 Å². The Bertz CT molecular complexity index is 423. The highest BCUT2D eigenvalue weighted by molar-refractivity contribution is 4.70. The number of hydrogen-bond acceptors (Lipinski definition) is 4. The van der Waals surface area contributed by atoms with Crippen molar-refractivity contribution in [2.75, 3.05) is 78.5 Å². The van der Waals surface area contributed by atoms with Gasteiger partial charge in [0.05, 0.1) is 0 Å². The predicted octanol–water partition coefficient (Wildman–Crippen LogP) is 6.91. The topological polar surface area (TPSA) is 13.0 Å². The highest BCUT2D eigenvalue weighted by atomic mass is 15.2. The van der Waals surface area contributed by atoms with E-state index in [2.05, 4.69) is 103 Å². The SMILES string of the molecule is CC(C)CN(CCCN(CC(C)C)CC(C)C)CCN(CCCN(CC(C)C)CC(C)C)CC(C)C. The minimum absolute atomic E-state index is 0.728. The van der Waals surface area contributed by atoms with E-state index in [0.29, 0.717) is 0 Å². The van der Waals surface area contributed by atoms with Crippen LogP contribution in [0.5, 0.6) is 0 Å². The molecule has 0 amide bonds. The maximum atomic E-state index is 2.75. The van der Waals surface area contributed by atoms with Crippen LogP contribution in [-0.4, -0.2) is 98.1 Å². The summed E-state index contributed by atoms with van der Waals surface area (Å²) in [6.07, 6.45) is 2.57. The van der Waals surface area contributed by atoms with E-state index >= 15 is 0 Å². The second-order valence-corrected chi connectivity index (χ2v) is 14.2. The van der Waals surface area contributed by atoms with Gasteiger partial charge in [-0.2, -0.15) is 0 Å². The van der Waals surface area contributed by atoms with Crippen molar-refractivity contribution in [1.29, 1.82) is 0 Å². The molecule has 0 aromatic rings. The molecule has 0 bridgehead atoms. The Labute approximate surface area is 229 Å². The summed E-state index contributed by atoms with van der Waals surface area (Å²) in [7, 11) is 0. The molecule has 0 spiro atoms. The van der Waals surface area contributed by atoms with Gasteiger partial charge in [0, 0.05) is 52.4 Å². The highest BCUT2D eigenvalue weighted by Gasteiger charge is 2.15. The molecule has 0 fully saturated rings. The molecule has 0 saturated heterocycles. The van der Waals surface area contributed by atoms with Crippen LogP contribution in [0.4, 0.5) is 0 Å². The summed E-state index contributed by atoms with van der Waals surface area (Å²) >= 11 is 0. The molecule has 0 aliphatic rings. The molecule has 0 saturated carbocycles. The largest absolute Gasteiger partial charge is 0.303 e. The Hall–Kier alpha value is -0.160. The van der Waals surface area contributed by atoms with Crippen molar-refractivity contribution in [2.45, 2.75) is 95.9 Å². The predicted molar refractivity (Wildman–Crippen MR) is 164 cm³/mol. The lowest BCUT2D eigenvalue weighted by atomic mass is 10.1. The van der Waals surface area contributed by atoms with Crippen molar-refractivity contribution in [2.24, 2.45) is 35.5 Å². The molecule has 0 radical (unpaired) electrons. The molecule has 4 nitrogen and oxygen atoms in total. The summed E-state index contributed by atoms with van der Waals surface area (Å²) < 4.78 is 0. The van der Waals surface area contributed by atoms with E-state index in [1.54, 1.807) is 0 Å².